The summed E-state index contributed by atoms with van der Waals surface area (Å²) in [5.74, 6) is 2.33. The molecule has 9 rings (SSSR count). The maximum absolute atomic E-state index is 7.01. The zero-order valence-electron chi connectivity index (χ0n) is 26.5. The molecule has 0 bridgehead atoms. The van der Waals surface area contributed by atoms with Gasteiger partial charge in [0.1, 0.15) is 23.0 Å². The lowest BCUT2D eigenvalue weighted by atomic mass is 10.0. The van der Waals surface area contributed by atoms with Crippen molar-refractivity contribution in [2.45, 2.75) is 27.7 Å². The van der Waals surface area contributed by atoms with E-state index in [0.717, 1.165) is 45.0 Å². The minimum absolute atomic E-state index is 0.582. The fraction of sp³-hybridized carbons (Fsp3) is 0.118. The first-order valence-electron chi connectivity index (χ1n) is 15.4. The van der Waals surface area contributed by atoms with E-state index in [1.54, 1.807) is 0 Å². The largest absolute Gasteiger partial charge is 0.458 e. The molecule has 0 fully saturated rings. The molecule has 0 amide bonds. The van der Waals surface area contributed by atoms with Gasteiger partial charge >= 0.3 is 22.8 Å². The average Bonchev–Trinajstić information content (AvgIpc) is 3.51. The van der Waals surface area contributed by atoms with Crippen LogP contribution in [0.5, 0.6) is 23.0 Å². The fourth-order valence-electron chi connectivity index (χ4n) is 6.28. The van der Waals surface area contributed by atoms with Gasteiger partial charge in [0.05, 0.1) is 11.4 Å². The third-order valence-electron chi connectivity index (χ3n) is 8.17. The summed E-state index contributed by atoms with van der Waals surface area (Å²) in [7, 11) is -11.0. The van der Waals surface area contributed by atoms with Crippen molar-refractivity contribution in [1.29, 1.82) is 0 Å². The Hall–Kier alpha value is -4.81. The number of fused-ring (bicyclic) bond motifs is 6. The first kappa shape index (κ1) is 29.3. The van der Waals surface area contributed by atoms with Gasteiger partial charge in [-0.3, -0.25) is 0 Å². The zero-order valence-corrected chi connectivity index (χ0v) is 29.2. The molecule has 240 valence electrons. The highest BCUT2D eigenvalue weighted by Crippen LogP contribution is 2.80. The van der Waals surface area contributed by atoms with E-state index in [1.165, 1.54) is 0 Å². The summed E-state index contributed by atoms with van der Waals surface area (Å²) in [6, 6.07) is 35.3. The molecular weight excluding hydrogens is 663 g/mol. The molecule has 2 spiro atoms. The molecule has 0 radical (unpaired) electrons. The zero-order chi connectivity index (χ0) is 32.7. The molecule has 0 aliphatic carbocycles. The molecule has 48 heavy (non-hydrogen) atoms. The molecular formula is C34H30N7O4P3. The molecule has 14 heteroatoms. The quantitative estimate of drug-likeness (QED) is 0.167. The summed E-state index contributed by atoms with van der Waals surface area (Å²) in [5.41, 5.74) is 6.75. The van der Waals surface area contributed by atoms with Gasteiger partial charge in [0.25, 0.3) is 0 Å². The lowest BCUT2D eigenvalue weighted by molar-refractivity contribution is 0.468. The van der Waals surface area contributed by atoms with E-state index in [0.29, 0.717) is 23.0 Å². The van der Waals surface area contributed by atoms with Crippen molar-refractivity contribution in [3.8, 4) is 45.3 Å². The summed E-state index contributed by atoms with van der Waals surface area (Å²) in [4.78, 5) is 0. The van der Waals surface area contributed by atoms with Crippen molar-refractivity contribution in [3.05, 3.63) is 132 Å². The highest BCUT2D eigenvalue weighted by molar-refractivity contribution is 7.81. The van der Waals surface area contributed by atoms with E-state index in [-0.39, 0.29) is 0 Å². The Morgan fingerprint density at radius 3 is 1.10 bits per heavy atom. The number of hydrogen-bond donors (Lipinski definition) is 0. The number of aryl methyl sites for hydroxylation is 4. The molecule has 0 N–H and O–H groups in total. The molecule has 2 aromatic heterocycles. The Labute approximate surface area is 277 Å². The van der Waals surface area contributed by atoms with Crippen molar-refractivity contribution in [2.24, 2.45) is 13.5 Å². The monoisotopic (exact) mass is 693 g/mol. The molecule has 3 aliphatic heterocycles. The summed E-state index contributed by atoms with van der Waals surface area (Å²) in [5, 5.41) is 10.0. The van der Waals surface area contributed by atoms with E-state index in [9.17, 15) is 0 Å². The van der Waals surface area contributed by atoms with Crippen molar-refractivity contribution in [3.63, 3.8) is 0 Å². The second-order valence-corrected chi connectivity index (χ2v) is 18.4. The third-order valence-corrected chi connectivity index (χ3v) is 17.3. The molecule has 0 atom stereocenters. The predicted molar refractivity (Wildman–Crippen MR) is 189 cm³/mol. The number of nitrogens with zero attached hydrogens (tertiary/aromatic N) is 7. The first-order chi connectivity index (χ1) is 23.3. The molecule has 3 aliphatic rings. The SMILES string of the molecule is Cc1cc(C)n(P2(n3nc(C)cc3C)=NP3(=NP4(=N2)Oc2ccccc2-c2ccccc2O4)Oc2ccccc2-c2ccccc2O3)n1. The maximum atomic E-state index is 7.01. The second kappa shape index (κ2) is 10.6. The topological polar surface area (TPSA) is 110 Å². The van der Waals surface area contributed by atoms with Crippen LogP contribution in [-0.4, -0.2) is 19.1 Å². The normalized spacial score (nSPS) is 17.2. The van der Waals surface area contributed by atoms with Crippen LogP contribution in [0.15, 0.2) is 123 Å². The number of benzene rings is 4. The summed E-state index contributed by atoms with van der Waals surface area (Å²) in [6.45, 7) is 7.86. The van der Waals surface area contributed by atoms with Crippen LogP contribution < -0.4 is 18.1 Å². The Morgan fingerprint density at radius 2 is 0.771 bits per heavy atom. The van der Waals surface area contributed by atoms with Gasteiger partial charge in [-0.15, -0.1) is 9.03 Å². The molecule has 6 aromatic rings. The second-order valence-electron chi connectivity index (χ2n) is 11.8. The minimum atomic E-state index is -3.76. The summed E-state index contributed by atoms with van der Waals surface area (Å²) >= 11 is 0. The maximum Gasteiger partial charge on any atom is 0.458 e. The van der Waals surface area contributed by atoms with E-state index in [2.05, 4.69) is 0 Å². The molecule has 0 unspecified atom stereocenters. The van der Waals surface area contributed by atoms with E-state index in [4.69, 9.17) is 41.8 Å². The van der Waals surface area contributed by atoms with Gasteiger partial charge < -0.3 is 18.1 Å². The van der Waals surface area contributed by atoms with Gasteiger partial charge in [-0.1, -0.05) is 77.3 Å². The van der Waals surface area contributed by atoms with Crippen LogP contribution in [0.1, 0.15) is 22.8 Å². The highest BCUT2D eigenvalue weighted by atomic mass is 31.3. The molecule has 4 aromatic carbocycles. The van der Waals surface area contributed by atoms with E-state index < -0.39 is 22.8 Å². The van der Waals surface area contributed by atoms with Gasteiger partial charge in [0, 0.05) is 33.6 Å². The van der Waals surface area contributed by atoms with Crippen LogP contribution in [0, 0.1) is 27.7 Å². The predicted octanol–water partition coefficient (Wildman–Crippen LogP) is 10.8. The standard InChI is InChI=1S/C34H30N7O4P3/c1-23-21-25(3)40(35-23)46(41-26(4)22-24(2)36-41)37-47(42-31-17-9-5-13-27(31)28-14-6-10-18-32(28)43-47)39-48(38-46)44-33-19-11-7-15-29(33)30-16-8-12-20-34(30)45-48/h5-22H,1-4H3. The minimum Gasteiger partial charge on any atom is -0.413 e. The smallest absolute Gasteiger partial charge is 0.413 e. The third kappa shape index (κ3) is 4.53. The lowest BCUT2D eigenvalue weighted by Gasteiger charge is -2.33. The van der Waals surface area contributed by atoms with Crippen LogP contribution >= 0.6 is 22.8 Å². The van der Waals surface area contributed by atoms with Gasteiger partial charge in [-0.25, -0.2) is 0 Å². The van der Waals surface area contributed by atoms with Crippen molar-refractivity contribution in [1.82, 2.24) is 19.1 Å². The van der Waals surface area contributed by atoms with Crippen LogP contribution in [0.2, 0.25) is 0 Å². The molecule has 0 saturated heterocycles. The number of hydrogen-bond acceptors (Lipinski definition) is 9. The van der Waals surface area contributed by atoms with Crippen molar-refractivity contribution in [2.75, 3.05) is 0 Å². The number of para-hydroxylation sites is 4. The van der Waals surface area contributed by atoms with Crippen molar-refractivity contribution >= 4 is 22.8 Å². The Morgan fingerprint density at radius 1 is 0.438 bits per heavy atom. The van der Waals surface area contributed by atoms with Gasteiger partial charge in [0.15, 0.2) is 0 Å². The summed E-state index contributed by atoms with van der Waals surface area (Å²) < 4.78 is 48.2. The van der Waals surface area contributed by atoms with Crippen LogP contribution in [0.25, 0.3) is 22.3 Å². The highest BCUT2D eigenvalue weighted by Gasteiger charge is 2.50. The first-order valence-corrected chi connectivity index (χ1v) is 20.1. The fourth-order valence-corrected chi connectivity index (χ4v) is 17.0. The van der Waals surface area contributed by atoms with Crippen LogP contribution in [0.4, 0.5) is 0 Å². The Bertz CT molecular complexity index is 2230. The lowest BCUT2D eigenvalue weighted by Crippen LogP contribution is -2.15. The van der Waals surface area contributed by atoms with E-state index in [1.807, 2.05) is 146 Å². The molecule has 11 nitrogen and oxygen atoms in total. The number of rotatable bonds is 2. The van der Waals surface area contributed by atoms with Gasteiger partial charge in [-0.2, -0.15) is 19.1 Å². The van der Waals surface area contributed by atoms with Crippen LogP contribution in [-0.2, 0) is 0 Å². The average molecular weight is 694 g/mol. The summed E-state index contributed by atoms with van der Waals surface area (Å²) in [6.07, 6.45) is 0. The van der Waals surface area contributed by atoms with Crippen LogP contribution in [0.3, 0.4) is 0 Å². The van der Waals surface area contributed by atoms with E-state index >= 15 is 0 Å². The Kier molecular flexibility index (Phi) is 6.48. The Balaban J connectivity index is 1.46. The number of aromatic nitrogens is 4. The van der Waals surface area contributed by atoms with Gasteiger partial charge in [0.2, 0.25) is 0 Å². The van der Waals surface area contributed by atoms with Gasteiger partial charge in [-0.05, 0) is 64.1 Å². The van der Waals surface area contributed by atoms with Crippen molar-refractivity contribution < 1.29 is 18.1 Å². The molecule has 5 heterocycles. The molecule has 0 saturated carbocycles.